The Bertz CT molecular complexity index is 589. The zero-order chi connectivity index (χ0) is 20.6. The van der Waals surface area contributed by atoms with E-state index in [0.29, 0.717) is 11.3 Å². The third-order valence-corrected chi connectivity index (χ3v) is 3.45. The number of methoxy groups -OCH3 is 1. The van der Waals surface area contributed by atoms with E-state index in [2.05, 4.69) is 10.6 Å². The van der Waals surface area contributed by atoms with Crippen molar-refractivity contribution < 1.29 is 34.0 Å². The van der Waals surface area contributed by atoms with Crippen molar-refractivity contribution in [2.45, 2.75) is 0 Å². The summed E-state index contributed by atoms with van der Waals surface area (Å²) in [6.45, 7) is 1.00. The number of aliphatic hydroxyl groups excluding tert-OH is 2. The van der Waals surface area contributed by atoms with Gasteiger partial charge in [0.15, 0.2) is 0 Å². The van der Waals surface area contributed by atoms with Crippen LogP contribution in [-0.2, 0) is 19.1 Å². The van der Waals surface area contributed by atoms with Crippen LogP contribution in [0.5, 0.6) is 5.75 Å². The van der Waals surface area contributed by atoms with E-state index in [1.54, 1.807) is 31.4 Å². The molecule has 1 aromatic rings. The van der Waals surface area contributed by atoms with Gasteiger partial charge in [-0.05, 0) is 23.8 Å². The van der Waals surface area contributed by atoms with E-state index in [4.69, 9.17) is 24.4 Å². The molecular weight excluding hydrogens is 368 g/mol. The number of benzene rings is 1. The van der Waals surface area contributed by atoms with Crippen molar-refractivity contribution >= 4 is 17.9 Å². The number of aliphatic hydroxyl groups is 2. The molecule has 9 heteroatoms. The second-order valence-electron chi connectivity index (χ2n) is 5.51. The number of carbonyl (C=O) groups is 2. The summed E-state index contributed by atoms with van der Waals surface area (Å²) in [5.74, 6) is -0.427. The summed E-state index contributed by atoms with van der Waals surface area (Å²) in [7, 11) is 1.55. The van der Waals surface area contributed by atoms with Crippen LogP contribution in [0.3, 0.4) is 0 Å². The highest BCUT2D eigenvalue weighted by atomic mass is 16.5. The van der Waals surface area contributed by atoms with E-state index >= 15 is 0 Å². The smallest absolute Gasteiger partial charge is 0.256 e. The highest BCUT2D eigenvalue weighted by Gasteiger charge is 2.18. The predicted molar refractivity (Wildman–Crippen MR) is 103 cm³/mol. The Balaban J connectivity index is 2.75. The minimum Gasteiger partial charge on any atom is -0.497 e. The molecule has 0 saturated carbocycles. The average Bonchev–Trinajstić information content (AvgIpc) is 2.71. The second-order valence-corrected chi connectivity index (χ2v) is 5.51. The lowest BCUT2D eigenvalue weighted by Crippen LogP contribution is -2.37. The molecule has 0 atom stereocenters. The Morgan fingerprint density at radius 1 is 0.893 bits per heavy atom. The number of carbonyl (C=O) groups excluding carboxylic acids is 2. The van der Waals surface area contributed by atoms with E-state index in [-0.39, 0.29) is 58.3 Å². The van der Waals surface area contributed by atoms with Gasteiger partial charge in [0.2, 0.25) is 0 Å². The minimum atomic E-state index is -0.544. The van der Waals surface area contributed by atoms with Crippen LogP contribution in [0.4, 0.5) is 0 Å². The first-order valence-corrected chi connectivity index (χ1v) is 8.91. The Hall–Kier alpha value is -2.46. The summed E-state index contributed by atoms with van der Waals surface area (Å²) in [5, 5.41) is 22.6. The number of hydrogen-bond donors (Lipinski definition) is 4. The quantitative estimate of drug-likeness (QED) is 0.142. The van der Waals surface area contributed by atoms with E-state index in [1.165, 1.54) is 6.08 Å². The van der Waals surface area contributed by atoms with Crippen molar-refractivity contribution in [1.82, 2.24) is 10.6 Å². The Kier molecular flexibility index (Phi) is 12.3. The van der Waals surface area contributed by atoms with Crippen molar-refractivity contribution in [2.24, 2.45) is 0 Å². The lowest BCUT2D eigenvalue weighted by Gasteiger charge is -2.11. The third-order valence-electron chi connectivity index (χ3n) is 3.45. The van der Waals surface area contributed by atoms with Crippen LogP contribution in [0, 0.1) is 0 Å². The Morgan fingerprint density at radius 2 is 1.39 bits per heavy atom. The fourth-order valence-corrected chi connectivity index (χ4v) is 2.10. The highest BCUT2D eigenvalue weighted by Crippen LogP contribution is 2.14. The number of amides is 2. The maximum atomic E-state index is 12.4. The van der Waals surface area contributed by atoms with Gasteiger partial charge in [-0.25, -0.2) is 0 Å². The first-order valence-electron chi connectivity index (χ1n) is 8.91. The second kappa shape index (κ2) is 14.6. The van der Waals surface area contributed by atoms with E-state index in [9.17, 15) is 9.59 Å². The summed E-state index contributed by atoms with van der Waals surface area (Å²) >= 11 is 0. The minimum absolute atomic E-state index is 0.0607. The molecule has 0 saturated heterocycles. The monoisotopic (exact) mass is 396 g/mol. The van der Waals surface area contributed by atoms with Gasteiger partial charge in [0.25, 0.3) is 11.8 Å². The fourth-order valence-electron chi connectivity index (χ4n) is 2.10. The molecule has 28 heavy (non-hydrogen) atoms. The summed E-state index contributed by atoms with van der Waals surface area (Å²) in [6.07, 6.45) is 1.48. The summed E-state index contributed by atoms with van der Waals surface area (Å²) in [5.41, 5.74) is 0.601. The van der Waals surface area contributed by atoms with Crippen LogP contribution < -0.4 is 15.4 Å². The molecule has 156 valence electrons. The van der Waals surface area contributed by atoms with Gasteiger partial charge in [0.05, 0.1) is 46.8 Å². The SMILES string of the molecule is COc1ccc(C=C(C(=O)NCCOCCO)C(=O)NCCOCCO)cc1. The van der Waals surface area contributed by atoms with Gasteiger partial charge in [-0.1, -0.05) is 12.1 Å². The molecule has 0 aliphatic carbocycles. The van der Waals surface area contributed by atoms with E-state index in [1.807, 2.05) is 0 Å². The number of ether oxygens (including phenoxy) is 3. The molecule has 0 radical (unpaired) electrons. The maximum absolute atomic E-state index is 12.4. The molecule has 4 N–H and O–H groups in total. The van der Waals surface area contributed by atoms with Gasteiger partial charge < -0.3 is 35.1 Å². The van der Waals surface area contributed by atoms with Gasteiger partial charge in [0, 0.05) is 13.1 Å². The zero-order valence-corrected chi connectivity index (χ0v) is 16.0. The molecule has 1 aromatic carbocycles. The average molecular weight is 396 g/mol. The molecule has 2 amide bonds. The standard InChI is InChI=1S/C19H28N2O7/c1-26-16-4-2-15(3-5-16)14-17(18(24)20-6-10-27-12-8-22)19(25)21-7-11-28-13-9-23/h2-5,14,22-23H,6-13H2,1H3,(H,20,24)(H,21,25). The highest BCUT2D eigenvalue weighted by molar-refractivity contribution is 6.21. The lowest BCUT2D eigenvalue weighted by molar-refractivity contribution is -0.123. The lowest BCUT2D eigenvalue weighted by atomic mass is 10.1. The fraction of sp³-hybridized carbons (Fsp3) is 0.474. The summed E-state index contributed by atoms with van der Waals surface area (Å²) in [4.78, 5) is 24.9. The largest absolute Gasteiger partial charge is 0.497 e. The van der Waals surface area contributed by atoms with Gasteiger partial charge in [-0.3, -0.25) is 9.59 Å². The van der Waals surface area contributed by atoms with Crippen LogP contribution >= 0.6 is 0 Å². The van der Waals surface area contributed by atoms with Crippen LogP contribution in [0.15, 0.2) is 29.8 Å². The predicted octanol–water partition coefficient (Wildman–Crippen LogP) is -0.671. The van der Waals surface area contributed by atoms with Crippen molar-refractivity contribution in [3.8, 4) is 5.75 Å². The van der Waals surface area contributed by atoms with Crippen molar-refractivity contribution in [3.05, 3.63) is 35.4 Å². The Morgan fingerprint density at radius 3 is 1.82 bits per heavy atom. The Labute approximate surface area is 164 Å². The molecule has 0 unspecified atom stereocenters. The number of hydrogen-bond acceptors (Lipinski definition) is 7. The van der Waals surface area contributed by atoms with Gasteiger partial charge in [-0.15, -0.1) is 0 Å². The molecule has 0 aliphatic heterocycles. The molecule has 9 nitrogen and oxygen atoms in total. The topological polar surface area (TPSA) is 126 Å². The van der Waals surface area contributed by atoms with Gasteiger partial charge in [-0.2, -0.15) is 0 Å². The summed E-state index contributed by atoms with van der Waals surface area (Å²) < 4.78 is 15.3. The third kappa shape index (κ3) is 9.47. The van der Waals surface area contributed by atoms with Crippen LogP contribution in [0.2, 0.25) is 0 Å². The van der Waals surface area contributed by atoms with Crippen molar-refractivity contribution in [2.75, 3.05) is 59.8 Å². The zero-order valence-electron chi connectivity index (χ0n) is 16.0. The van der Waals surface area contributed by atoms with E-state index in [0.717, 1.165) is 0 Å². The van der Waals surface area contributed by atoms with Crippen LogP contribution in [-0.4, -0.2) is 81.9 Å². The van der Waals surface area contributed by atoms with Gasteiger partial charge in [0.1, 0.15) is 11.3 Å². The molecule has 0 aromatic heterocycles. The first-order chi connectivity index (χ1) is 13.6. The maximum Gasteiger partial charge on any atom is 0.256 e. The van der Waals surface area contributed by atoms with Crippen molar-refractivity contribution in [3.63, 3.8) is 0 Å². The van der Waals surface area contributed by atoms with Crippen molar-refractivity contribution in [1.29, 1.82) is 0 Å². The van der Waals surface area contributed by atoms with E-state index < -0.39 is 11.8 Å². The van der Waals surface area contributed by atoms with Gasteiger partial charge >= 0.3 is 0 Å². The molecule has 1 rings (SSSR count). The molecule has 0 fully saturated rings. The molecule has 0 spiro atoms. The van der Waals surface area contributed by atoms with Crippen LogP contribution in [0.1, 0.15) is 5.56 Å². The molecule has 0 heterocycles. The molecule has 0 bridgehead atoms. The summed E-state index contributed by atoms with van der Waals surface area (Å²) in [6, 6.07) is 6.91. The number of nitrogens with one attached hydrogen (secondary N) is 2. The normalized spacial score (nSPS) is 10.2. The molecular formula is C19H28N2O7. The van der Waals surface area contributed by atoms with Crippen LogP contribution in [0.25, 0.3) is 6.08 Å². The first kappa shape index (κ1) is 23.6. The number of rotatable bonds is 14. The molecule has 0 aliphatic rings.